The van der Waals surface area contributed by atoms with Crippen LogP contribution >= 0.6 is 27.5 Å². The van der Waals surface area contributed by atoms with Gasteiger partial charge in [0.15, 0.2) is 0 Å². The number of benzene rings is 1. The fourth-order valence-corrected chi connectivity index (χ4v) is 2.13. The van der Waals surface area contributed by atoms with Crippen LogP contribution in [0.1, 0.15) is 23.8 Å². The molecule has 1 aliphatic rings. The van der Waals surface area contributed by atoms with Crippen molar-refractivity contribution in [2.45, 2.75) is 18.2 Å². The van der Waals surface area contributed by atoms with Crippen LogP contribution < -0.4 is 0 Å². The Morgan fingerprint density at radius 1 is 1.29 bits per heavy atom. The smallest absolute Gasteiger partial charge is 0.137 e. The van der Waals surface area contributed by atoms with Crippen LogP contribution in [0.5, 0.6) is 0 Å². The van der Waals surface area contributed by atoms with Crippen molar-refractivity contribution < 1.29 is 8.78 Å². The lowest BCUT2D eigenvalue weighted by molar-refractivity contribution is 0.571. The Labute approximate surface area is 94.4 Å². The molecule has 0 nitrogen and oxygen atoms in total. The molecule has 0 aliphatic heterocycles. The zero-order valence-electron chi connectivity index (χ0n) is 7.24. The predicted molar refractivity (Wildman–Crippen MR) is 55.4 cm³/mol. The molecule has 1 aliphatic carbocycles. The van der Waals surface area contributed by atoms with Crippen LogP contribution in [0.2, 0.25) is 0 Å². The summed E-state index contributed by atoms with van der Waals surface area (Å²) in [6.07, 6.45) is 2.01. The highest BCUT2D eigenvalue weighted by atomic mass is 79.9. The van der Waals surface area contributed by atoms with Crippen LogP contribution in [0.3, 0.4) is 0 Å². The molecule has 0 amide bonds. The van der Waals surface area contributed by atoms with Crippen LogP contribution in [0, 0.1) is 17.6 Å². The Morgan fingerprint density at radius 3 is 2.50 bits per heavy atom. The van der Waals surface area contributed by atoms with Crippen molar-refractivity contribution >= 4 is 27.5 Å². The molecule has 4 heteroatoms. The monoisotopic (exact) mass is 280 g/mol. The van der Waals surface area contributed by atoms with Gasteiger partial charge in [-0.1, -0.05) is 0 Å². The maximum Gasteiger partial charge on any atom is 0.137 e. The van der Waals surface area contributed by atoms with Gasteiger partial charge in [-0.3, -0.25) is 0 Å². The molecule has 1 aromatic carbocycles. The first-order chi connectivity index (χ1) is 6.59. The van der Waals surface area contributed by atoms with E-state index in [1.807, 2.05) is 0 Å². The van der Waals surface area contributed by atoms with Crippen molar-refractivity contribution in [2.24, 2.45) is 5.92 Å². The van der Waals surface area contributed by atoms with Gasteiger partial charge in [0.25, 0.3) is 0 Å². The van der Waals surface area contributed by atoms with Gasteiger partial charge in [0, 0.05) is 5.56 Å². The van der Waals surface area contributed by atoms with Gasteiger partial charge in [0.05, 0.1) is 9.85 Å². The molecule has 76 valence electrons. The standard InChI is InChI=1S/C10H8BrClF2/c11-7-4-8(13)6(3-9(7)14)10(12)5-1-2-5/h3-5,10H,1-2H2. The fraction of sp³-hybridized carbons (Fsp3) is 0.400. The summed E-state index contributed by atoms with van der Waals surface area (Å²) in [5.41, 5.74) is 0.273. The van der Waals surface area contributed by atoms with E-state index in [9.17, 15) is 8.78 Å². The van der Waals surface area contributed by atoms with E-state index in [4.69, 9.17) is 11.6 Å². The summed E-state index contributed by atoms with van der Waals surface area (Å²) in [4.78, 5) is 0. The number of halogens is 4. The third-order valence-corrected chi connectivity index (χ3v) is 3.57. The second-order valence-corrected chi connectivity index (χ2v) is 4.85. The Hall–Kier alpha value is -0.150. The summed E-state index contributed by atoms with van der Waals surface area (Å²) in [7, 11) is 0. The van der Waals surface area contributed by atoms with E-state index in [0.717, 1.165) is 18.9 Å². The van der Waals surface area contributed by atoms with Crippen molar-refractivity contribution in [3.8, 4) is 0 Å². The molecule has 0 saturated heterocycles. The minimum absolute atomic E-state index is 0.137. The number of alkyl halides is 1. The van der Waals surface area contributed by atoms with Gasteiger partial charge in [-0.05, 0) is 46.8 Å². The summed E-state index contributed by atoms with van der Waals surface area (Å²) < 4.78 is 26.7. The van der Waals surface area contributed by atoms with E-state index in [1.54, 1.807) is 0 Å². The molecule has 2 rings (SSSR count). The van der Waals surface area contributed by atoms with E-state index in [2.05, 4.69) is 15.9 Å². The number of rotatable bonds is 2. The van der Waals surface area contributed by atoms with Gasteiger partial charge >= 0.3 is 0 Å². The third kappa shape index (κ3) is 1.94. The zero-order chi connectivity index (χ0) is 10.3. The minimum Gasteiger partial charge on any atom is -0.207 e. The van der Waals surface area contributed by atoms with Crippen molar-refractivity contribution in [1.82, 2.24) is 0 Å². The Bertz CT molecular complexity index is 363. The lowest BCUT2D eigenvalue weighted by Gasteiger charge is -2.10. The average Bonchev–Trinajstić information content (AvgIpc) is 2.93. The highest BCUT2D eigenvalue weighted by molar-refractivity contribution is 9.10. The van der Waals surface area contributed by atoms with Crippen LogP contribution in [-0.2, 0) is 0 Å². The first kappa shape index (κ1) is 10.4. The van der Waals surface area contributed by atoms with Crippen LogP contribution in [-0.4, -0.2) is 0 Å². The predicted octanol–water partition coefficient (Wildman–Crippen LogP) is 4.42. The molecule has 1 saturated carbocycles. The largest absolute Gasteiger partial charge is 0.207 e. The molecule has 1 fully saturated rings. The lowest BCUT2D eigenvalue weighted by atomic mass is 10.1. The van der Waals surface area contributed by atoms with Gasteiger partial charge < -0.3 is 0 Å². The maximum absolute atomic E-state index is 13.4. The quantitative estimate of drug-likeness (QED) is 0.556. The van der Waals surface area contributed by atoms with E-state index >= 15 is 0 Å². The molecule has 1 unspecified atom stereocenters. The second-order valence-electron chi connectivity index (χ2n) is 3.53. The lowest BCUT2D eigenvalue weighted by Crippen LogP contribution is -1.98. The molecule has 0 radical (unpaired) electrons. The van der Waals surface area contributed by atoms with Crippen LogP contribution in [0.4, 0.5) is 8.78 Å². The summed E-state index contributed by atoms with van der Waals surface area (Å²) in [5.74, 6) is -0.593. The summed E-state index contributed by atoms with van der Waals surface area (Å²) >= 11 is 8.94. The summed E-state index contributed by atoms with van der Waals surface area (Å²) in [6.45, 7) is 0. The topological polar surface area (TPSA) is 0 Å². The van der Waals surface area contributed by atoms with Crippen molar-refractivity contribution in [1.29, 1.82) is 0 Å². The molecule has 0 N–H and O–H groups in total. The highest BCUT2D eigenvalue weighted by Crippen LogP contribution is 2.46. The first-order valence-electron chi connectivity index (χ1n) is 4.38. The molecular formula is C10H8BrClF2. The molecule has 0 spiro atoms. The molecule has 0 heterocycles. The fourth-order valence-electron chi connectivity index (χ4n) is 1.39. The number of hydrogen-bond acceptors (Lipinski definition) is 0. The Morgan fingerprint density at radius 2 is 1.93 bits per heavy atom. The van der Waals surface area contributed by atoms with Crippen LogP contribution in [0.25, 0.3) is 0 Å². The molecule has 1 aromatic rings. The van der Waals surface area contributed by atoms with Crippen LogP contribution in [0.15, 0.2) is 16.6 Å². The van der Waals surface area contributed by atoms with E-state index in [-0.39, 0.29) is 10.0 Å². The number of hydrogen-bond donors (Lipinski definition) is 0. The molecule has 0 aromatic heterocycles. The van der Waals surface area contributed by atoms with E-state index < -0.39 is 17.0 Å². The minimum atomic E-state index is -0.465. The van der Waals surface area contributed by atoms with Crippen molar-refractivity contribution in [3.63, 3.8) is 0 Å². The van der Waals surface area contributed by atoms with Gasteiger partial charge in [-0.2, -0.15) is 0 Å². The molecule has 0 bridgehead atoms. The normalized spacial score (nSPS) is 18.3. The van der Waals surface area contributed by atoms with Gasteiger partial charge in [0.1, 0.15) is 11.6 Å². The summed E-state index contributed by atoms with van der Waals surface area (Å²) in [6, 6.07) is 2.30. The first-order valence-corrected chi connectivity index (χ1v) is 5.61. The second kappa shape index (κ2) is 3.78. The third-order valence-electron chi connectivity index (χ3n) is 2.37. The van der Waals surface area contributed by atoms with Gasteiger partial charge in [-0.25, -0.2) is 8.78 Å². The maximum atomic E-state index is 13.4. The van der Waals surface area contributed by atoms with Gasteiger partial charge in [0.2, 0.25) is 0 Å². The Balaban J connectivity index is 2.36. The van der Waals surface area contributed by atoms with Crippen molar-refractivity contribution in [3.05, 3.63) is 33.8 Å². The highest BCUT2D eigenvalue weighted by Gasteiger charge is 2.32. The zero-order valence-corrected chi connectivity index (χ0v) is 9.58. The van der Waals surface area contributed by atoms with Gasteiger partial charge in [-0.15, -0.1) is 11.6 Å². The summed E-state index contributed by atoms with van der Waals surface area (Å²) in [5, 5.41) is -0.391. The molecule has 1 atom stereocenters. The molecule has 14 heavy (non-hydrogen) atoms. The SMILES string of the molecule is Fc1cc(C(Cl)C2CC2)c(F)cc1Br. The Kier molecular flexibility index (Phi) is 2.80. The average molecular weight is 282 g/mol. The van der Waals surface area contributed by atoms with E-state index in [1.165, 1.54) is 6.07 Å². The molecular weight excluding hydrogens is 273 g/mol. The van der Waals surface area contributed by atoms with Crippen molar-refractivity contribution in [2.75, 3.05) is 0 Å². The van der Waals surface area contributed by atoms with E-state index in [0.29, 0.717) is 5.92 Å².